The lowest BCUT2D eigenvalue weighted by Gasteiger charge is -2.15. The zero-order valence-corrected chi connectivity index (χ0v) is 9.46. The fraction of sp³-hybridized carbons (Fsp3) is 0.455. The van der Waals surface area contributed by atoms with Crippen LogP contribution < -0.4 is 5.73 Å². The highest BCUT2D eigenvalue weighted by atomic mass is 35.5. The molecular weight excluding hydrogens is 196 g/mol. The van der Waals surface area contributed by atoms with Crippen LogP contribution in [0, 0.1) is 0 Å². The monoisotopic (exact) mass is 212 g/mol. The molecule has 0 radical (unpaired) electrons. The van der Waals surface area contributed by atoms with E-state index in [0.29, 0.717) is 0 Å². The summed E-state index contributed by atoms with van der Waals surface area (Å²) in [7, 11) is 4.10. The van der Waals surface area contributed by atoms with Crippen LogP contribution in [0.3, 0.4) is 0 Å². The second-order valence-corrected chi connectivity index (χ2v) is 4.19. The van der Waals surface area contributed by atoms with Crippen molar-refractivity contribution >= 4 is 11.6 Å². The Balaban J connectivity index is 2.52. The number of hydrogen-bond acceptors (Lipinski definition) is 2. The Morgan fingerprint density at radius 2 is 1.86 bits per heavy atom. The van der Waals surface area contributed by atoms with Crippen LogP contribution in [0.2, 0.25) is 5.02 Å². The van der Waals surface area contributed by atoms with E-state index in [9.17, 15) is 0 Å². The molecule has 0 aromatic heterocycles. The Hall–Kier alpha value is -0.570. The molecule has 0 aliphatic carbocycles. The van der Waals surface area contributed by atoms with Crippen LogP contribution >= 0.6 is 11.6 Å². The van der Waals surface area contributed by atoms with Crippen LogP contribution in [0.1, 0.15) is 18.0 Å². The highest BCUT2D eigenvalue weighted by Gasteiger charge is 2.05. The predicted molar refractivity (Wildman–Crippen MR) is 61.6 cm³/mol. The minimum absolute atomic E-state index is 0.106. The van der Waals surface area contributed by atoms with Crippen LogP contribution in [-0.4, -0.2) is 25.5 Å². The van der Waals surface area contributed by atoms with Gasteiger partial charge in [0.15, 0.2) is 0 Å². The number of rotatable bonds is 4. The highest BCUT2D eigenvalue weighted by Crippen LogP contribution is 2.17. The normalized spacial score (nSPS) is 13.2. The van der Waals surface area contributed by atoms with Crippen molar-refractivity contribution in [3.8, 4) is 0 Å². The van der Waals surface area contributed by atoms with E-state index in [4.69, 9.17) is 17.3 Å². The molecule has 2 nitrogen and oxygen atoms in total. The van der Waals surface area contributed by atoms with Gasteiger partial charge in [-0.1, -0.05) is 23.7 Å². The molecule has 2 N–H and O–H groups in total. The van der Waals surface area contributed by atoms with Crippen molar-refractivity contribution in [3.63, 3.8) is 0 Å². The summed E-state index contributed by atoms with van der Waals surface area (Å²) >= 11 is 5.79. The summed E-state index contributed by atoms with van der Waals surface area (Å²) in [6, 6.07) is 7.85. The van der Waals surface area contributed by atoms with E-state index in [1.54, 1.807) is 0 Å². The van der Waals surface area contributed by atoms with Gasteiger partial charge in [-0.25, -0.2) is 0 Å². The van der Waals surface area contributed by atoms with Crippen molar-refractivity contribution in [1.29, 1.82) is 0 Å². The second kappa shape index (κ2) is 5.35. The number of nitrogens with zero attached hydrogens (tertiary/aromatic N) is 1. The Bertz CT molecular complexity index is 269. The van der Waals surface area contributed by atoms with Crippen LogP contribution in [-0.2, 0) is 0 Å². The minimum Gasteiger partial charge on any atom is -0.324 e. The summed E-state index contributed by atoms with van der Waals surface area (Å²) < 4.78 is 0. The maximum absolute atomic E-state index is 6.02. The molecule has 0 spiro atoms. The molecule has 1 aromatic rings. The number of hydrogen-bond donors (Lipinski definition) is 1. The Morgan fingerprint density at radius 3 is 2.36 bits per heavy atom. The van der Waals surface area contributed by atoms with Gasteiger partial charge in [0.1, 0.15) is 0 Å². The summed E-state index contributed by atoms with van der Waals surface area (Å²) in [5.41, 5.74) is 7.17. The second-order valence-electron chi connectivity index (χ2n) is 3.75. The number of halogens is 1. The van der Waals surface area contributed by atoms with Gasteiger partial charge >= 0.3 is 0 Å². The maximum atomic E-state index is 6.02. The lowest BCUT2D eigenvalue weighted by Crippen LogP contribution is -2.20. The Kier molecular flexibility index (Phi) is 4.39. The third-order valence-corrected chi connectivity index (χ3v) is 2.44. The first kappa shape index (κ1) is 11.5. The van der Waals surface area contributed by atoms with Gasteiger partial charge in [-0.2, -0.15) is 0 Å². The van der Waals surface area contributed by atoms with Crippen molar-refractivity contribution < 1.29 is 0 Å². The molecule has 0 amide bonds. The van der Waals surface area contributed by atoms with E-state index in [1.807, 2.05) is 24.3 Å². The topological polar surface area (TPSA) is 29.3 Å². The van der Waals surface area contributed by atoms with Crippen LogP contribution in [0.4, 0.5) is 0 Å². The predicted octanol–water partition coefficient (Wildman–Crippen LogP) is 2.29. The fourth-order valence-corrected chi connectivity index (χ4v) is 1.40. The van der Waals surface area contributed by atoms with Crippen molar-refractivity contribution in [2.45, 2.75) is 12.5 Å². The minimum atomic E-state index is 0.106. The lowest BCUT2D eigenvalue weighted by molar-refractivity contribution is 0.382. The summed E-state index contributed by atoms with van der Waals surface area (Å²) in [4.78, 5) is 2.13. The standard InChI is InChI=1S/C11H17ClN2/c1-14(2)8-7-11(13)9-3-5-10(12)6-4-9/h3-6,11H,7-8,13H2,1-2H3/t11-/m0/s1. The van der Waals surface area contributed by atoms with Crippen LogP contribution in [0.15, 0.2) is 24.3 Å². The molecule has 14 heavy (non-hydrogen) atoms. The molecule has 0 heterocycles. The molecule has 0 unspecified atom stereocenters. The molecule has 0 fully saturated rings. The molecule has 1 aromatic carbocycles. The average molecular weight is 213 g/mol. The van der Waals surface area contributed by atoms with Gasteiger partial charge in [-0.05, 0) is 44.8 Å². The van der Waals surface area contributed by atoms with Gasteiger partial charge in [0.25, 0.3) is 0 Å². The van der Waals surface area contributed by atoms with Gasteiger partial charge in [0.05, 0.1) is 0 Å². The lowest BCUT2D eigenvalue weighted by atomic mass is 10.0. The molecule has 0 saturated heterocycles. The molecule has 0 aliphatic rings. The van der Waals surface area contributed by atoms with Gasteiger partial charge in [-0.3, -0.25) is 0 Å². The molecule has 0 bridgehead atoms. The van der Waals surface area contributed by atoms with E-state index in [-0.39, 0.29) is 6.04 Å². The fourth-order valence-electron chi connectivity index (χ4n) is 1.27. The Labute approximate surface area is 90.7 Å². The molecule has 0 saturated carbocycles. The summed E-state index contributed by atoms with van der Waals surface area (Å²) in [5, 5.41) is 0.758. The molecular formula is C11H17ClN2. The molecule has 0 aliphatic heterocycles. The van der Waals surface area contributed by atoms with Gasteiger partial charge in [0, 0.05) is 11.1 Å². The number of nitrogens with two attached hydrogens (primary N) is 1. The largest absolute Gasteiger partial charge is 0.324 e. The van der Waals surface area contributed by atoms with Crippen molar-refractivity contribution in [2.75, 3.05) is 20.6 Å². The van der Waals surface area contributed by atoms with Gasteiger partial charge in [-0.15, -0.1) is 0 Å². The third-order valence-electron chi connectivity index (χ3n) is 2.19. The summed E-state index contributed by atoms with van der Waals surface area (Å²) in [5.74, 6) is 0. The first-order valence-electron chi connectivity index (χ1n) is 4.75. The van der Waals surface area contributed by atoms with E-state index >= 15 is 0 Å². The zero-order chi connectivity index (χ0) is 10.6. The van der Waals surface area contributed by atoms with Gasteiger partial charge in [0.2, 0.25) is 0 Å². The van der Waals surface area contributed by atoms with Gasteiger partial charge < -0.3 is 10.6 Å². The number of benzene rings is 1. The zero-order valence-electron chi connectivity index (χ0n) is 8.70. The SMILES string of the molecule is CN(C)CC[C@H](N)c1ccc(Cl)cc1. The molecule has 1 rings (SSSR count). The van der Waals surface area contributed by atoms with Crippen molar-refractivity contribution in [2.24, 2.45) is 5.73 Å². The van der Waals surface area contributed by atoms with E-state index in [1.165, 1.54) is 0 Å². The third kappa shape index (κ3) is 3.66. The van der Waals surface area contributed by atoms with Crippen molar-refractivity contribution in [3.05, 3.63) is 34.9 Å². The molecule has 3 heteroatoms. The smallest absolute Gasteiger partial charge is 0.0406 e. The molecule has 1 atom stereocenters. The first-order chi connectivity index (χ1) is 6.59. The molecule has 78 valence electrons. The van der Waals surface area contributed by atoms with E-state index in [2.05, 4.69) is 19.0 Å². The van der Waals surface area contributed by atoms with Crippen LogP contribution in [0.5, 0.6) is 0 Å². The van der Waals surface area contributed by atoms with Crippen molar-refractivity contribution in [1.82, 2.24) is 4.90 Å². The summed E-state index contributed by atoms with van der Waals surface area (Å²) in [6.07, 6.45) is 0.967. The highest BCUT2D eigenvalue weighted by molar-refractivity contribution is 6.30. The van der Waals surface area contributed by atoms with Crippen LogP contribution in [0.25, 0.3) is 0 Å². The summed E-state index contributed by atoms with van der Waals surface area (Å²) in [6.45, 7) is 1.00. The van der Waals surface area contributed by atoms with E-state index < -0.39 is 0 Å². The maximum Gasteiger partial charge on any atom is 0.0406 e. The average Bonchev–Trinajstić information content (AvgIpc) is 2.15. The quantitative estimate of drug-likeness (QED) is 0.830. The Morgan fingerprint density at radius 1 is 1.29 bits per heavy atom. The first-order valence-corrected chi connectivity index (χ1v) is 5.13. The van der Waals surface area contributed by atoms with E-state index in [0.717, 1.165) is 23.6 Å².